The predicted octanol–water partition coefficient (Wildman–Crippen LogP) is 5.29. The third-order valence-corrected chi connectivity index (χ3v) is 9.18. The number of allylic oxidation sites excluding steroid dienone is 1. The summed E-state index contributed by atoms with van der Waals surface area (Å²) in [6.07, 6.45) is -1.13. The highest BCUT2D eigenvalue weighted by atomic mass is 16.5. The lowest BCUT2D eigenvalue weighted by Gasteiger charge is -2.43. The Balaban J connectivity index is 1.40. The van der Waals surface area contributed by atoms with Crippen molar-refractivity contribution in [2.45, 2.75) is 42.8 Å². The van der Waals surface area contributed by atoms with Gasteiger partial charge in [-0.05, 0) is 59.5 Å². The molecule has 0 bridgehead atoms. The first kappa shape index (κ1) is 34.3. The zero-order valence-electron chi connectivity index (χ0n) is 27.8. The normalized spacial score (nSPS) is 17.9. The number of nitrogens with one attached hydrogen (secondary N) is 1. The van der Waals surface area contributed by atoms with E-state index < -0.39 is 41.6 Å². The molecular formula is C40H39N3O7. The zero-order chi connectivity index (χ0) is 35.3. The first-order valence-electron chi connectivity index (χ1n) is 16.3. The summed E-state index contributed by atoms with van der Waals surface area (Å²) >= 11 is 0. The first-order valence-corrected chi connectivity index (χ1v) is 16.3. The van der Waals surface area contributed by atoms with E-state index in [2.05, 4.69) is 16.9 Å². The number of carbonyl (C=O) groups is 1. The summed E-state index contributed by atoms with van der Waals surface area (Å²) in [5.41, 5.74) is 1.22. The van der Waals surface area contributed by atoms with Gasteiger partial charge in [0.2, 0.25) is 0 Å². The van der Waals surface area contributed by atoms with Crippen molar-refractivity contribution in [2.75, 3.05) is 19.5 Å². The Hall–Kier alpha value is -5.55. The van der Waals surface area contributed by atoms with E-state index in [4.69, 9.17) is 14.2 Å². The van der Waals surface area contributed by atoms with E-state index in [0.717, 1.165) is 16.7 Å². The van der Waals surface area contributed by atoms with Crippen molar-refractivity contribution in [2.24, 2.45) is 0 Å². The second-order valence-electron chi connectivity index (χ2n) is 12.1. The van der Waals surface area contributed by atoms with Gasteiger partial charge in [-0.2, -0.15) is 4.98 Å². The highest BCUT2D eigenvalue weighted by molar-refractivity contribution is 6.04. The number of carbonyl (C=O) groups excluding carboxylic acids is 1. The van der Waals surface area contributed by atoms with E-state index in [0.29, 0.717) is 29.0 Å². The molecule has 2 heterocycles. The predicted molar refractivity (Wildman–Crippen MR) is 190 cm³/mol. The molecule has 6 rings (SSSR count). The quantitative estimate of drug-likeness (QED) is 0.120. The van der Waals surface area contributed by atoms with Crippen LogP contribution in [0.3, 0.4) is 0 Å². The Morgan fingerprint density at radius 3 is 2.02 bits per heavy atom. The summed E-state index contributed by atoms with van der Waals surface area (Å²) in [4.78, 5) is 30.6. The van der Waals surface area contributed by atoms with Crippen molar-refractivity contribution in [1.29, 1.82) is 0 Å². The van der Waals surface area contributed by atoms with E-state index in [1.807, 2.05) is 78.9 Å². The van der Waals surface area contributed by atoms with E-state index in [1.165, 1.54) is 4.57 Å². The summed E-state index contributed by atoms with van der Waals surface area (Å²) < 4.78 is 18.6. The van der Waals surface area contributed by atoms with Gasteiger partial charge in [0.1, 0.15) is 35.8 Å². The average molecular weight is 674 g/mol. The molecule has 0 radical (unpaired) electrons. The molecule has 0 spiro atoms. The lowest BCUT2D eigenvalue weighted by Crippen LogP contribution is -2.51. The molecule has 5 aromatic rings. The maximum Gasteiger partial charge on any atom is 0.351 e. The second-order valence-corrected chi connectivity index (χ2v) is 12.1. The molecule has 0 aliphatic carbocycles. The number of rotatable bonds is 12. The third kappa shape index (κ3) is 6.56. The van der Waals surface area contributed by atoms with Crippen LogP contribution in [-0.4, -0.2) is 58.2 Å². The molecule has 0 saturated carbocycles. The fourth-order valence-electron chi connectivity index (χ4n) is 6.70. The number of benzene rings is 4. The molecule has 3 N–H and O–H groups in total. The van der Waals surface area contributed by atoms with E-state index in [9.17, 15) is 19.8 Å². The number of ether oxygens (including phenoxy) is 3. The Morgan fingerprint density at radius 2 is 1.48 bits per heavy atom. The van der Waals surface area contributed by atoms with Crippen LogP contribution in [-0.2, 0) is 16.6 Å². The van der Waals surface area contributed by atoms with Gasteiger partial charge in [0.25, 0.3) is 5.91 Å². The monoisotopic (exact) mass is 673 g/mol. The van der Waals surface area contributed by atoms with Crippen molar-refractivity contribution in [1.82, 2.24) is 9.55 Å². The van der Waals surface area contributed by atoms with Crippen LogP contribution in [0.5, 0.6) is 11.5 Å². The molecule has 1 aromatic heterocycles. The van der Waals surface area contributed by atoms with Crippen LogP contribution in [0, 0.1) is 0 Å². The molecule has 1 aliphatic heterocycles. The summed E-state index contributed by atoms with van der Waals surface area (Å²) in [5.74, 6) is 0.980. The lowest BCUT2D eigenvalue weighted by atomic mass is 9.64. The van der Waals surface area contributed by atoms with Crippen LogP contribution in [0.25, 0.3) is 0 Å². The highest BCUT2D eigenvalue weighted by Crippen LogP contribution is 2.47. The number of anilines is 1. The number of methoxy groups -OCH3 is 2. The molecule has 10 heteroatoms. The maximum atomic E-state index is 13.5. The zero-order valence-corrected chi connectivity index (χ0v) is 27.8. The minimum Gasteiger partial charge on any atom is -0.497 e. The van der Waals surface area contributed by atoms with Gasteiger partial charge in [-0.1, -0.05) is 78.9 Å². The van der Waals surface area contributed by atoms with Crippen molar-refractivity contribution in [3.63, 3.8) is 0 Å². The molecule has 10 nitrogen and oxygen atoms in total. The maximum absolute atomic E-state index is 13.5. The van der Waals surface area contributed by atoms with Gasteiger partial charge >= 0.3 is 5.69 Å². The lowest BCUT2D eigenvalue weighted by molar-refractivity contribution is -0.0976. The number of amides is 1. The van der Waals surface area contributed by atoms with Gasteiger partial charge in [0, 0.05) is 23.7 Å². The topological polar surface area (TPSA) is 132 Å². The Morgan fingerprint density at radius 1 is 0.940 bits per heavy atom. The van der Waals surface area contributed by atoms with Crippen LogP contribution < -0.4 is 20.5 Å². The summed E-state index contributed by atoms with van der Waals surface area (Å²) in [5, 5.41) is 27.0. The van der Waals surface area contributed by atoms with Crippen LogP contribution in [0.4, 0.5) is 5.82 Å². The number of aliphatic hydroxyl groups excluding tert-OH is 2. The number of aliphatic hydroxyl groups is 2. The molecule has 1 unspecified atom stereocenters. The minimum atomic E-state index is -1.35. The van der Waals surface area contributed by atoms with Crippen LogP contribution in [0.2, 0.25) is 0 Å². The molecule has 4 aromatic carbocycles. The van der Waals surface area contributed by atoms with E-state index >= 15 is 0 Å². The van der Waals surface area contributed by atoms with Gasteiger partial charge in [0.15, 0.2) is 0 Å². The number of aromatic nitrogens is 2. The van der Waals surface area contributed by atoms with Gasteiger partial charge in [-0.3, -0.25) is 9.36 Å². The first-order chi connectivity index (χ1) is 24.3. The van der Waals surface area contributed by atoms with Gasteiger partial charge < -0.3 is 29.7 Å². The second kappa shape index (κ2) is 14.9. The fraction of sp³-hybridized carbons (Fsp3) is 0.225. The molecule has 50 heavy (non-hydrogen) atoms. The number of nitrogens with zero attached hydrogens (tertiary/aromatic N) is 2. The standard InChI is InChI=1S/C40H39N3O7/c1-4-11-27-25-43(39(47)42-37(27)41-38(46)26-12-7-5-8-13-26)34-24-33(44)35(50-34)36(45)40(28-14-9-6-10-15-28,29-16-20-31(48-2)21-17-29)30-18-22-32(49-3)23-19-30/h4-10,12-23,25,33-36,44-45H,1,11,24H2,2-3H3,(H,41,42,46,47)/t33-,34+,35-,36?/m0/s1. The third-order valence-electron chi connectivity index (χ3n) is 9.18. The summed E-state index contributed by atoms with van der Waals surface area (Å²) in [6, 6.07) is 33.0. The molecule has 1 amide bonds. The SMILES string of the molecule is C=CCc1cn([C@H]2C[C@H](O)[C@@H](C(O)C(c3ccccc3)(c3ccc(OC)cc3)c3ccc(OC)cc3)O2)c(=O)nc1NC(=O)c1ccccc1. The van der Waals surface area contributed by atoms with Crippen molar-refractivity contribution < 1.29 is 29.2 Å². The fourth-order valence-corrected chi connectivity index (χ4v) is 6.70. The Labute approximate surface area is 290 Å². The molecular weight excluding hydrogens is 634 g/mol. The van der Waals surface area contributed by atoms with Crippen molar-refractivity contribution in [3.05, 3.63) is 166 Å². The van der Waals surface area contributed by atoms with Crippen molar-refractivity contribution >= 4 is 11.7 Å². The summed E-state index contributed by atoms with van der Waals surface area (Å²) in [6.45, 7) is 3.82. The highest BCUT2D eigenvalue weighted by Gasteiger charge is 2.52. The average Bonchev–Trinajstić information content (AvgIpc) is 3.55. The molecule has 1 saturated heterocycles. The van der Waals surface area contributed by atoms with E-state index in [1.54, 1.807) is 56.8 Å². The van der Waals surface area contributed by atoms with Gasteiger partial charge in [-0.15, -0.1) is 6.58 Å². The van der Waals surface area contributed by atoms with Crippen LogP contribution in [0.1, 0.15) is 45.3 Å². The van der Waals surface area contributed by atoms with Gasteiger partial charge in [0.05, 0.1) is 25.7 Å². The number of hydrogen-bond acceptors (Lipinski definition) is 8. The molecule has 1 aliphatic rings. The summed E-state index contributed by atoms with van der Waals surface area (Å²) in [7, 11) is 3.17. The van der Waals surface area contributed by atoms with Crippen LogP contribution in [0.15, 0.2) is 133 Å². The Bertz CT molecular complexity index is 1930. The molecule has 1 fully saturated rings. The van der Waals surface area contributed by atoms with Crippen molar-refractivity contribution in [3.8, 4) is 11.5 Å². The minimum absolute atomic E-state index is 0.00264. The van der Waals surface area contributed by atoms with Gasteiger partial charge in [-0.25, -0.2) is 4.79 Å². The molecule has 4 atom stereocenters. The van der Waals surface area contributed by atoms with E-state index in [-0.39, 0.29) is 12.2 Å². The molecule has 256 valence electrons. The number of hydrogen-bond donors (Lipinski definition) is 3. The van der Waals surface area contributed by atoms with Crippen LogP contribution >= 0.6 is 0 Å². The largest absolute Gasteiger partial charge is 0.497 e. The smallest absolute Gasteiger partial charge is 0.351 e. The Kier molecular flexibility index (Phi) is 10.2.